The summed E-state index contributed by atoms with van der Waals surface area (Å²) in [6.45, 7) is 3.74. The van der Waals surface area contributed by atoms with Crippen LogP contribution < -0.4 is 11.5 Å². The van der Waals surface area contributed by atoms with Crippen LogP contribution in [0.2, 0.25) is 5.54 Å². The standard InChI is InChI=1S/C8H22N2O3Si/c1-6-7(8(2,9)10)14(11-3,12-4)13-5/h7H,6,9-10H2,1-5H3. The maximum Gasteiger partial charge on any atom is 0.506 e. The van der Waals surface area contributed by atoms with E-state index < -0.39 is 14.5 Å². The van der Waals surface area contributed by atoms with Gasteiger partial charge in [-0.15, -0.1) is 0 Å². The summed E-state index contributed by atoms with van der Waals surface area (Å²) in [4.78, 5) is 0. The molecule has 5 nitrogen and oxygen atoms in total. The van der Waals surface area contributed by atoms with Gasteiger partial charge in [-0.1, -0.05) is 6.92 Å². The highest BCUT2D eigenvalue weighted by atomic mass is 28.4. The van der Waals surface area contributed by atoms with Crippen molar-refractivity contribution < 1.29 is 13.3 Å². The lowest BCUT2D eigenvalue weighted by Crippen LogP contribution is -2.62. The van der Waals surface area contributed by atoms with Crippen molar-refractivity contribution in [2.24, 2.45) is 11.5 Å². The summed E-state index contributed by atoms with van der Waals surface area (Å²) >= 11 is 0. The molecule has 0 saturated heterocycles. The van der Waals surface area contributed by atoms with E-state index in [2.05, 4.69) is 0 Å². The third-order valence-electron chi connectivity index (χ3n) is 2.44. The van der Waals surface area contributed by atoms with Crippen molar-refractivity contribution in [3.63, 3.8) is 0 Å². The van der Waals surface area contributed by atoms with Crippen LogP contribution in [0.25, 0.3) is 0 Å². The van der Waals surface area contributed by atoms with Gasteiger partial charge in [0.1, 0.15) is 0 Å². The Kier molecular flexibility index (Phi) is 5.20. The van der Waals surface area contributed by atoms with Crippen molar-refractivity contribution in [2.75, 3.05) is 21.3 Å². The van der Waals surface area contributed by atoms with Crippen LogP contribution in [-0.4, -0.2) is 35.8 Å². The van der Waals surface area contributed by atoms with E-state index in [0.29, 0.717) is 0 Å². The predicted molar refractivity (Wildman–Crippen MR) is 57.6 cm³/mol. The fraction of sp³-hybridized carbons (Fsp3) is 1.00. The van der Waals surface area contributed by atoms with Gasteiger partial charge in [0.15, 0.2) is 0 Å². The second-order valence-electron chi connectivity index (χ2n) is 3.54. The van der Waals surface area contributed by atoms with E-state index in [9.17, 15) is 0 Å². The number of rotatable bonds is 6. The van der Waals surface area contributed by atoms with Gasteiger partial charge in [-0.2, -0.15) is 0 Å². The summed E-state index contributed by atoms with van der Waals surface area (Å²) in [5, 5.41) is 0. The first-order valence-corrected chi connectivity index (χ1v) is 6.41. The molecular formula is C8H22N2O3Si. The maximum atomic E-state index is 5.88. The highest BCUT2D eigenvalue weighted by molar-refractivity contribution is 6.62. The number of hydrogen-bond acceptors (Lipinski definition) is 5. The minimum Gasteiger partial charge on any atom is -0.377 e. The first-order chi connectivity index (χ1) is 6.37. The summed E-state index contributed by atoms with van der Waals surface area (Å²) in [6.07, 6.45) is 0.755. The molecule has 0 bridgehead atoms. The molecule has 0 radical (unpaired) electrons. The van der Waals surface area contributed by atoms with Crippen molar-refractivity contribution in [1.82, 2.24) is 0 Å². The van der Waals surface area contributed by atoms with Gasteiger partial charge in [0.05, 0.1) is 11.2 Å². The molecule has 0 saturated carbocycles. The average Bonchev–Trinajstić information content (AvgIpc) is 2.12. The molecule has 1 unspecified atom stereocenters. The van der Waals surface area contributed by atoms with Gasteiger partial charge in [-0.3, -0.25) is 0 Å². The largest absolute Gasteiger partial charge is 0.506 e. The SMILES string of the molecule is CCC(C(C)(N)N)[Si](OC)(OC)OC. The Morgan fingerprint density at radius 2 is 1.50 bits per heavy atom. The minimum atomic E-state index is -2.73. The first-order valence-electron chi connectivity index (χ1n) is 4.61. The van der Waals surface area contributed by atoms with E-state index in [1.165, 1.54) is 0 Å². The Hall–Kier alpha value is 0.0169. The molecule has 0 aromatic carbocycles. The van der Waals surface area contributed by atoms with Gasteiger partial charge in [-0.05, 0) is 13.3 Å². The molecule has 4 N–H and O–H groups in total. The van der Waals surface area contributed by atoms with Crippen LogP contribution in [0.3, 0.4) is 0 Å². The Bertz CT molecular complexity index is 160. The fourth-order valence-corrected chi connectivity index (χ4v) is 4.36. The molecule has 0 heterocycles. The Labute approximate surface area is 87.1 Å². The highest BCUT2D eigenvalue weighted by Crippen LogP contribution is 2.33. The summed E-state index contributed by atoms with van der Waals surface area (Å²) in [5.74, 6) is 0. The van der Waals surface area contributed by atoms with Crippen LogP contribution >= 0.6 is 0 Å². The Balaban J connectivity index is 4.94. The van der Waals surface area contributed by atoms with Gasteiger partial charge in [0.25, 0.3) is 0 Å². The highest BCUT2D eigenvalue weighted by Gasteiger charge is 2.52. The molecule has 0 aromatic heterocycles. The molecule has 14 heavy (non-hydrogen) atoms. The van der Waals surface area contributed by atoms with Crippen molar-refractivity contribution in [3.8, 4) is 0 Å². The van der Waals surface area contributed by atoms with Crippen molar-refractivity contribution >= 4 is 8.80 Å². The fourth-order valence-electron chi connectivity index (χ4n) is 1.75. The molecule has 6 heteroatoms. The van der Waals surface area contributed by atoms with Crippen LogP contribution in [0.5, 0.6) is 0 Å². The third kappa shape index (κ3) is 2.75. The zero-order chi connectivity index (χ0) is 11.4. The smallest absolute Gasteiger partial charge is 0.377 e. The normalized spacial score (nSPS) is 15.6. The van der Waals surface area contributed by atoms with Crippen LogP contribution in [0.1, 0.15) is 20.3 Å². The molecule has 0 aliphatic heterocycles. The van der Waals surface area contributed by atoms with Gasteiger partial charge in [-0.25, -0.2) is 0 Å². The maximum absolute atomic E-state index is 5.88. The van der Waals surface area contributed by atoms with Crippen LogP contribution in [0.15, 0.2) is 0 Å². The number of nitrogens with two attached hydrogens (primary N) is 2. The van der Waals surface area contributed by atoms with E-state index in [0.717, 1.165) is 6.42 Å². The van der Waals surface area contributed by atoms with Crippen molar-refractivity contribution in [3.05, 3.63) is 0 Å². The average molecular weight is 222 g/mol. The number of hydrogen-bond donors (Lipinski definition) is 2. The van der Waals surface area contributed by atoms with E-state index >= 15 is 0 Å². The molecule has 86 valence electrons. The van der Waals surface area contributed by atoms with Crippen LogP contribution in [0.4, 0.5) is 0 Å². The van der Waals surface area contributed by atoms with Crippen molar-refractivity contribution in [2.45, 2.75) is 31.5 Å². The van der Waals surface area contributed by atoms with Gasteiger partial charge < -0.3 is 24.7 Å². The molecule has 1 atom stereocenters. The van der Waals surface area contributed by atoms with Crippen LogP contribution in [-0.2, 0) is 13.3 Å². The lowest BCUT2D eigenvalue weighted by atomic mass is 10.1. The van der Waals surface area contributed by atoms with E-state index in [-0.39, 0.29) is 5.54 Å². The second-order valence-corrected chi connectivity index (χ2v) is 6.67. The van der Waals surface area contributed by atoms with E-state index in [4.69, 9.17) is 24.7 Å². The monoisotopic (exact) mass is 222 g/mol. The minimum absolute atomic E-state index is 0.116. The molecule has 0 spiro atoms. The van der Waals surface area contributed by atoms with Gasteiger partial charge in [0, 0.05) is 21.3 Å². The summed E-state index contributed by atoms with van der Waals surface area (Å²) in [7, 11) is 1.96. The predicted octanol–water partition coefficient (Wildman–Crippen LogP) is 0.278. The summed E-state index contributed by atoms with van der Waals surface area (Å²) < 4.78 is 16.1. The second kappa shape index (κ2) is 5.20. The first kappa shape index (κ1) is 14.0. The van der Waals surface area contributed by atoms with Crippen molar-refractivity contribution in [1.29, 1.82) is 0 Å². The zero-order valence-corrected chi connectivity index (χ0v) is 10.7. The Morgan fingerprint density at radius 1 is 1.14 bits per heavy atom. The molecule has 0 fully saturated rings. The lowest BCUT2D eigenvalue weighted by molar-refractivity contribution is 0.0979. The molecule has 0 aliphatic rings. The quantitative estimate of drug-likeness (QED) is 0.498. The molecule has 0 amide bonds. The van der Waals surface area contributed by atoms with E-state index in [1.807, 2.05) is 6.92 Å². The summed E-state index contributed by atoms with van der Waals surface area (Å²) in [6, 6.07) is 0. The van der Waals surface area contributed by atoms with Gasteiger partial charge >= 0.3 is 8.80 Å². The van der Waals surface area contributed by atoms with Gasteiger partial charge in [0.2, 0.25) is 0 Å². The topological polar surface area (TPSA) is 79.7 Å². The zero-order valence-electron chi connectivity index (χ0n) is 9.66. The third-order valence-corrected chi connectivity index (χ3v) is 6.03. The Morgan fingerprint density at radius 3 is 1.57 bits per heavy atom. The lowest BCUT2D eigenvalue weighted by Gasteiger charge is -2.39. The molecule has 0 rings (SSSR count). The summed E-state index contributed by atoms with van der Waals surface area (Å²) in [5.41, 5.74) is 10.8. The van der Waals surface area contributed by atoms with E-state index in [1.54, 1.807) is 28.3 Å². The molecule has 0 aromatic rings. The van der Waals surface area contributed by atoms with Crippen LogP contribution in [0, 0.1) is 0 Å². The molecular weight excluding hydrogens is 200 g/mol. The molecule has 0 aliphatic carbocycles.